The Balaban J connectivity index is 1.30. The van der Waals surface area contributed by atoms with Crippen LogP contribution >= 0.6 is 0 Å². The highest BCUT2D eigenvalue weighted by Gasteiger charge is 2.26. The highest BCUT2D eigenvalue weighted by atomic mass is 19.1. The molecule has 0 aliphatic carbocycles. The van der Waals surface area contributed by atoms with Crippen LogP contribution in [0.15, 0.2) is 54.7 Å². The number of pyridine rings is 1. The number of aryl methyl sites for hydroxylation is 1. The summed E-state index contributed by atoms with van der Waals surface area (Å²) in [6.45, 7) is 1.84. The minimum absolute atomic E-state index is 0.108. The van der Waals surface area contributed by atoms with Crippen molar-refractivity contribution in [3.05, 3.63) is 83.2 Å². The molecule has 0 atom stereocenters. The first-order valence-electron chi connectivity index (χ1n) is 11.1. The summed E-state index contributed by atoms with van der Waals surface area (Å²) in [5, 5.41) is 9.71. The number of nitrogens with zero attached hydrogens (tertiary/aromatic N) is 4. The van der Waals surface area contributed by atoms with Gasteiger partial charge in [-0.05, 0) is 36.2 Å². The lowest BCUT2D eigenvalue weighted by atomic mass is 10.2. The fourth-order valence-corrected chi connectivity index (χ4v) is 3.67. The molecule has 34 heavy (non-hydrogen) atoms. The van der Waals surface area contributed by atoms with Crippen LogP contribution in [0, 0.1) is 5.82 Å². The highest BCUT2D eigenvalue weighted by molar-refractivity contribution is 5.98. The van der Waals surface area contributed by atoms with Gasteiger partial charge in [0.1, 0.15) is 11.5 Å². The predicted molar refractivity (Wildman–Crippen MR) is 121 cm³/mol. The minimum Gasteiger partial charge on any atom is -0.350 e. The van der Waals surface area contributed by atoms with Gasteiger partial charge in [0, 0.05) is 44.9 Å². The lowest BCUT2D eigenvalue weighted by Crippen LogP contribution is -2.31. The standard InChI is InChI=1S/C24H25FN6O3/c25-18-7-5-17(6-8-18)16-30-12-3-13-31-21(24(30)34)14-20(29-31)23(33)27-11-9-22(32)28-15-19-4-1-2-10-26-19/h1-2,4-8,10,14H,3,9,11-13,15-16H2,(H,27,33)(H,28,32). The van der Waals surface area contributed by atoms with Gasteiger partial charge >= 0.3 is 0 Å². The number of rotatable bonds is 8. The van der Waals surface area contributed by atoms with Crippen LogP contribution in [0.3, 0.4) is 0 Å². The maximum absolute atomic E-state index is 13.2. The third kappa shape index (κ3) is 5.83. The molecule has 176 valence electrons. The van der Waals surface area contributed by atoms with Crippen LogP contribution in [0.5, 0.6) is 0 Å². The Hall–Kier alpha value is -4.08. The molecule has 2 N–H and O–H groups in total. The van der Waals surface area contributed by atoms with Crippen LogP contribution in [0.2, 0.25) is 0 Å². The third-order valence-corrected chi connectivity index (χ3v) is 5.43. The normalized spacial score (nSPS) is 13.2. The Bertz CT molecular complexity index is 1160. The van der Waals surface area contributed by atoms with Gasteiger partial charge in [0.05, 0.1) is 12.2 Å². The van der Waals surface area contributed by atoms with Gasteiger partial charge in [-0.3, -0.25) is 24.0 Å². The van der Waals surface area contributed by atoms with E-state index in [4.69, 9.17) is 0 Å². The Morgan fingerprint density at radius 1 is 1.06 bits per heavy atom. The van der Waals surface area contributed by atoms with Crippen molar-refractivity contribution in [1.29, 1.82) is 0 Å². The SMILES string of the molecule is O=C(CCNC(=O)c1cc2n(n1)CCCN(Cc1ccc(F)cc1)C2=O)NCc1ccccn1. The van der Waals surface area contributed by atoms with Crippen molar-refractivity contribution < 1.29 is 18.8 Å². The molecule has 1 aromatic carbocycles. The van der Waals surface area contributed by atoms with Crippen LogP contribution in [-0.2, 0) is 24.4 Å². The zero-order chi connectivity index (χ0) is 23.9. The van der Waals surface area contributed by atoms with Gasteiger partial charge in [0.15, 0.2) is 5.69 Å². The molecular weight excluding hydrogens is 439 g/mol. The largest absolute Gasteiger partial charge is 0.350 e. The molecule has 0 radical (unpaired) electrons. The first-order valence-corrected chi connectivity index (χ1v) is 11.1. The van der Waals surface area contributed by atoms with Crippen molar-refractivity contribution in [1.82, 2.24) is 30.3 Å². The van der Waals surface area contributed by atoms with Gasteiger partial charge in [0.2, 0.25) is 5.91 Å². The van der Waals surface area contributed by atoms with Gasteiger partial charge in [0.25, 0.3) is 11.8 Å². The molecular formula is C24H25FN6O3. The number of fused-ring (bicyclic) bond motifs is 1. The molecule has 10 heteroatoms. The molecule has 2 aromatic heterocycles. The number of carbonyl (C=O) groups is 3. The lowest BCUT2D eigenvalue weighted by molar-refractivity contribution is -0.121. The summed E-state index contributed by atoms with van der Waals surface area (Å²) in [5.74, 6) is -1.22. The van der Waals surface area contributed by atoms with Gasteiger partial charge in [-0.15, -0.1) is 0 Å². The maximum Gasteiger partial charge on any atom is 0.272 e. The second-order valence-electron chi connectivity index (χ2n) is 7.95. The fourth-order valence-electron chi connectivity index (χ4n) is 3.67. The molecule has 0 unspecified atom stereocenters. The van der Waals surface area contributed by atoms with E-state index in [1.807, 2.05) is 12.1 Å². The van der Waals surface area contributed by atoms with Crippen molar-refractivity contribution in [2.24, 2.45) is 0 Å². The molecule has 0 saturated carbocycles. The van der Waals surface area contributed by atoms with Gasteiger partial charge in [-0.1, -0.05) is 18.2 Å². The molecule has 0 fully saturated rings. The summed E-state index contributed by atoms with van der Waals surface area (Å²) in [5.41, 5.74) is 2.03. The van der Waals surface area contributed by atoms with E-state index in [0.29, 0.717) is 38.3 Å². The smallest absolute Gasteiger partial charge is 0.272 e. The molecule has 0 bridgehead atoms. The van der Waals surface area contributed by atoms with Crippen LogP contribution in [0.4, 0.5) is 4.39 Å². The average molecular weight is 465 g/mol. The van der Waals surface area contributed by atoms with Crippen molar-refractivity contribution >= 4 is 17.7 Å². The highest BCUT2D eigenvalue weighted by Crippen LogP contribution is 2.17. The van der Waals surface area contributed by atoms with E-state index in [1.54, 1.807) is 34.0 Å². The first-order chi connectivity index (χ1) is 16.5. The van der Waals surface area contributed by atoms with E-state index in [1.165, 1.54) is 18.2 Å². The zero-order valence-corrected chi connectivity index (χ0v) is 18.5. The number of hydrogen-bond acceptors (Lipinski definition) is 5. The molecule has 4 rings (SSSR count). The molecule has 9 nitrogen and oxygen atoms in total. The average Bonchev–Trinajstić information content (AvgIpc) is 3.22. The van der Waals surface area contributed by atoms with Crippen molar-refractivity contribution in [2.45, 2.75) is 32.5 Å². The number of halogens is 1. The quantitative estimate of drug-likeness (QED) is 0.529. The van der Waals surface area contributed by atoms with Crippen LogP contribution < -0.4 is 10.6 Å². The summed E-state index contributed by atoms with van der Waals surface area (Å²) in [7, 11) is 0. The first kappa shape index (κ1) is 23.1. The summed E-state index contributed by atoms with van der Waals surface area (Å²) in [6.07, 6.45) is 2.44. The lowest BCUT2D eigenvalue weighted by Gasteiger charge is -2.20. The molecule has 3 aromatic rings. The van der Waals surface area contributed by atoms with Crippen molar-refractivity contribution in [2.75, 3.05) is 13.1 Å². The number of benzene rings is 1. The topological polar surface area (TPSA) is 109 Å². The maximum atomic E-state index is 13.2. The Morgan fingerprint density at radius 3 is 2.65 bits per heavy atom. The Kier molecular flexibility index (Phi) is 7.26. The Morgan fingerprint density at radius 2 is 1.88 bits per heavy atom. The van der Waals surface area contributed by atoms with E-state index >= 15 is 0 Å². The van der Waals surface area contributed by atoms with E-state index in [2.05, 4.69) is 20.7 Å². The second kappa shape index (κ2) is 10.7. The number of amides is 3. The summed E-state index contributed by atoms with van der Waals surface area (Å²) < 4.78 is 14.7. The van der Waals surface area contributed by atoms with Crippen LogP contribution in [0.25, 0.3) is 0 Å². The van der Waals surface area contributed by atoms with E-state index in [-0.39, 0.29) is 36.3 Å². The molecule has 3 amide bonds. The molecule has 3 heterocycles. The van der Waals surface area contributed by atoms with E-state index < -0.39 is 5.91 Å². The van der Waals surface area contributed by atoms with Crippen molar-refractivity contribution in [3.8, 4) is 0 Å². The van der Waals surface area contributed by atoms with E-state index in [0.717, 1.165) is 11.3 Å². The summed E-state index contributed by atoms with van der Waals surface area (Å²) >= 11 is 0. The van der Waals surface area contributed by atoms with Crippen LogP contribution in [-0.4, -0.2) is 50.5 Å². The molecule has 0 saturated heterocycles. The third-order valence-electron chi connectivity index (χ3n) is 5.43. The number of hydrogen-bond donors (Lipinski definition) is 2. The molecule has 1 aliphatic rings. The number of nitrogens with one attached hydrogen (secondary N) is 2. The van der Waals surface area contributed by atoms with Gasteiger partial charge < -0.3 is 15.5 Å². The molecule has 0 spiro atoms. The summed E-state index contributed by atoms with van der Waals surface area (Å²) in [4.78, 5) is 43.4. The van der Waals surface area contributed by atoms with E-state index in [9.17, 15) is 18.8 Å². The summed E-state index contributed by atoms with van der Waals surface area (Å²) in [6, 6.07) is 13.0. The number of aromatic nitrogens is 3. The van der Waals surface area contributed by atoms with Gasteiger partial charge in [-0.2, -0.15) is 5.10 Å². The zero-order valence-electron chi connectivity index (χ0n) is 18.5. The molecule has 1 aliphatic heterocycles. The Labute approximate surface area is 196 Å². The van der Waals surface area contributed by atoms with Crippen molar-refractivity contribution in [3.63, 3.8) is 0 Å². The monoisotopic (exact) mass is 464 g/mol. The fraction of sp³-hybridized carbons (Fsp3) is 0.292. The minimum atomic E-state index is -0.448. The predicted octanol–water partition coefficient (Wildman–Crippen LogP) is 1.90. The second-order valence-corrected chi connectivity index (χ2v) is 7.95. The van der Waals surface area contributed by atoms with Gasteiger partial charge in [-0.25, -0.2) is 4.39 Å². The van der Waals surface area contributed by atoms with Crippen LogP contribution in [0.1, 0.15) is 45.1 Å². The number of carbonyl (C=O) groups excluding carboxylic acids is 3.